The van der Waals surface area contributed by atoms with E-state index in [2.05, 4.69) is 20.8 Å². The molecule has 27 heavy (non-hydrogen) atoms. The molecule has 0 aliphatic carbocycles. The summed E-state index contributed by atoms with van der Waals surface area (Å²) in [5.74, 6) is 0.428. The van der Waals surface area contributed by atoms with E-state index >= 15 is 0 Å². The lowest BCUT2D eigenvalue weighted by molar-refractivity contribution is -0.384. The fraction of sp³-hybridized carbons (Fsp3) is 0.118. The van der Waals surface area contributed by atoms with Crippen molar-refractivity contribution in [1.29, 1.82) is 0 Å². The van der Waals surface area contributed by atoms with Crippen molar-refractivity contribution in [2.45, 2.75) is 17.0 Å². The molecule has 8 nitrogen and oxygen atoms in total. The Kier molecular flexibility index (Phi) is 5.99. The highest BCUT2D eigenvalue weighted by Crippen LogP contribution is 2.31. The average molecular weight is 401 g/mol. The third-order valence-electron chi connectivity index (χ3n) is 3.32. The number of thioether (sulfide) groups is 1. The van der Waals surface area contributed by atoms with E-state index in [0.29, 0.717) is 16.6 Å². The Balaban J connectivity index is 1.61. The Bertz CT molecular complexity index is 976. The van der Waals surface area contributed by atoms with Gasteiger partial charge in [0.15, 0.2) is 4.34 Å². The molecular formula is C17H15N5O3S2. The summed E-state index contributed by atoms with van der Waals surface area (Å²) < 4.78 is 0.752. The van der Waals surface area contributed by atoms with Crippen molar-refractivity contribution in [3.63, 3.8) is 0 Å². The van der Waals surface area contributed by atoms with Gasteiger partial charge in [0.05, 0.1) is 4.92 Å². The fourth-order valence-corrected chi connectivity index (χ4v) is 3.94. The second kappa shape index (κ2) is 8.60. The van der Waals surface area contributed by atoms with Crippen LogP contribution in [-0.2, 0) is 10.5 Å². The normalized spacial score (nSPS) is 10.4. The van der Waals surface area contributed by atoms with Gasteiger partial charge in [-0.2, -0.15) is 0 Å². The van der Waals surface area contributed by atoms with Gasteiger partial charge in [-0.3, -0.25) is 14.9 Å². The lowest BCUT2D eigenvalue weighted by Crippen LogP contribution is -2.05. The van der Waals surface area contributed by atoms with Crippen molar-refractivity contribution in [3.05, 3.63) is 64.2 Å². The highest BCUT2D eigenvalue weighted by atomic mass is 32.2. The summed E-state index contributed by atoms with van der Waals surface area (Å²) >= 11 is 2.85. The molecule has 3 aromatic rings. The molecule has 3 rings (SSSR count). The lowest BCUT2D eigenvalue weighted by Gasteiger charge is -2.05. The average Bonchev–Trinajstić information content (AvgIpc) is 3.07. The minimum atomic E-state index is -0.407. The first-order valence-electron chi connectivity index (χ1n) is 7.84. The van der Waals surface area contributed by atoms with Crippen LogP contribution in [0.4, 0.5) is 22.2 Å². The number of nitro groups is 1. The molecule has 0 spiro atoms. The van der Waals surface area contributed by atoms with E-state index in [4.69, 9.17) is 0 Å². The SMILES string of the molecule is CC(=O)Nc1cccc(Nc2nnc(SCc3cccc([N+](=O)[O-])c3)s2)c1. The van der Waals surface area contributed by atoms with Gasteiger partial charge in [0.25, 0.3) is 5.69 Å². The van der Waals surface area contributed by atoms with E-state index in [-0.39, 0.29) is 11.6 Å². The van der Waals surface area contributed by atoms with E-state index < -0.39 is 4.92 Å². The number of carbonyl (C=O) groups excluding carboxylic acids is 1. The number of nitro benzene ring substituents is 1. The number of non-ortho nitro benzene ring substituents is 1. The van der Waals surface area contributed by atoms with Gasteiger partial charge in [-0.1, -0.05) is 41.3 Å². The van der Waals surface area contributed by atoms with Gasteiger partial charge in [0.1, 0.15) is 0 Å². The maximum Gasteiger partial charge on any atom is 0.269 e. The van der Waals surface area contributed by atoms with E-state index in [9.17, 15) is 14.9 Å². The standard InChI is InChI=1S/C17H15N5O3S2/c1-11(23)18-13-5-3-6-14(9-13)19-16-20-21-17(27-16)26-10-12-4-2-7-15(8-12)22(24)25/h2-9H,10H2,1H3,(H,18,23)(H,19,20). The van der Waals surface area contributed by atoms with Gasteiger partial charge in [-0.05, 0) is 23.8 Å². The van der Waals surface area contributed by atoms with Crippen molar-refractivity contribution in [3.8, 4) is 0 Å². The predicted octanol–water partition coefficient (Wildman–Crippen LogP) is 4.44. The Labute approximate surface area is 163 Å². The van der Waals surface area contributed by atoms with Crippen LogP contribution < -0.4 is 10.6 Å². The number of nitrogens with zero attached hydrogens (tertiary/aromatic N) is 3. The summed E-state index contributed by atoms with van der Waals surface area (Å²) in [7, 11) is 0. The van der Waals surface area contributed by atoms with Gasteiger partial charge < -0.3 is 10.6 Å². The second-order valence-corrected chi connectivity index (χ2v) is 7.68. The van der Waals surface area contributed by atoms with Crippen LogP contribution in [0, 0.1) is 10.1 Å². The highest BCUT2D eigenvalue weighted by Gasteiger charge is 2.09. The van der Waals surface area contributed by atoms with E-state index in [0.717, 1.165) is 15.6 Å². The lowest BCUT2D eigenvalue weighted by atomic mass is 10.2. The Hall–Kier alpha value is -2.98. The maximum atomic E-state index is 11.1. The number of anilines is 3. The molecule has 0 bridgehead atoms. The number of hydrogen-bond donors (Lipinski definition) is 2. The van der Waals surface area contributed by atoms with Crippen LogP contribution in [0.15, 0.2) is 52.9 Å². The van der Waals surface area contributed by atoms with Gasteiger partial charge in [0, 0.05) is 36.2 Å². The van der Waals surface area contributed by atoms with E-state index in [1.54, 1.807) is 24.3 Å². The summed E-state index contributed by atoms with van der Waals surface area (Å²) in [5.41, 5.74) is 2.40. The number of hydrogen-bond acceptors (Lipinski definition) is 8. The van der Waals surface area contributed by atoms with Crippen molar-refractivity contribution < 1.29 is 9.72 Å². The predicted molar refractivity (Wildman–Crippen MR) is 107 cm³/mol. The summed E-state index contributed by atoms with van der Waals surface area (Å²) in [5, 5.41) is 25.6. The van der Waals surface area contributed by atoms with Gasteiger partial charge in [0.2, 0.25) is 11.0 Å². The Morgan fingerprint density at radius 2 is 1.96 bits per heavy atom. The molecule has 138 valence electrons. The van der Waals surface area contributed by atoms with Crippen LogP contribution >= 0.6 is 23.1 Å². The van der Waals surface area contributed by atoms with Crippen LogP contribution in [0.25, 0.3) is 0 Å². The van der Waals surface area contributed by atoms with Crippen LogP contribution in [0.2, 0.25) is 0 Å². The molecule has 1 amide bonds. The van der Waals surface area contributed by atoms with Crippen LogP contribution in [0.5, 0.6) is 0 Å². The third-order valence-corrected chi connectivity index (χ3v) is 5.37. The minimum absolute atomic E-state index is 0.0757. The molecule has 0 radical (unpaired) electrons. The first-order chi connectivity index (χ1) is 13.0. The number of benzene rings is 2. The van der Waals surface area contributed by atoms with E-state index in [1.165, 1.54) is 36.1 Å². The highest BCUT2D eigenvalue weighted by molar-refractivity contribution is 8.00. The molecule has 0 saturated heterocycles. The molecular weight excluding hydrogens is 386 g/mol. The zero-order chi connectivity index (χ0) is 19.2. The molecule has 0 unspecified atom stereocenters. The molecule has 0 aliphatic heterocycles. The third kappa shape index (κ3) is 5.50. The largest absolute Gasteiger partial charge is 0.330 e. The molecule has 0 aliphatic rings. The number of aromatic nitrogens is 2. The number of amides is 1. The fourth-order valence-electron chi connectivity index (χ4n) is 2.22. The molecule has 1 heterocycles. The Morgan fingerprint density at radius 3 is 2.74 bits per heavy atom. The van der Waals surface area contributed by atoms with Crippen LogP contribution in [0.3, 0.4) is 0 Å². The van der Waals surface area contributed by atoms with Crippen molar-refractivity contribution in [2.24, 2.45) is 0 Å². The minimum Gasteiger partial charge on any atom is -0.330 e. The first kappa shape index (κ1) is 18.8. The summed E-state index contributed by atoms with van der Waals surface area (Å²) in [4.78, 5) is 21.6. The molecule has 0 fully saturated rings. The van der Waals surface area contributed by atoms with Gasteiger partial charge in [-0.25, -0.2) is 0 Å². The number of carbonyl (C=O) groups is 1. The maximum absolute atomic E-state index is 11.1. The van der Waals surface area contributed by atoms with E-state index in [1.807, 2.05) is 18.2 Å². The van der Waals surface area contributed by atoms with Crippen molar-refractivity contribution in [1.82, 2.24) is 10.2 Å². The molecule has 10 heteroatoms. The zero-order valence-corrected chi connectivity index (χ0v) is 15.8. The summed E-state index contributed by atoms with van der Waals surface area (Å²) in [6.45, 7) is 1.45. The number of rotatable bonds is 7. The molecule has 2 aromatic carbocycles. The van der Waals surface area contributed by atoms with Crippen molar-refractivity contribution in [2.75, 3.05) is 10.6 Å². The Morgan fingerprint density at radius 1 is 1.19 bits per heavy atom. The van der Waals surface area contributed by atoms with Gasteiger partial charge in [-0.15, -0.1) is 10.2 Å². The molecule has 0 saturated carbocycles. The monoisotopic (exact) mass is 401 g/mol. The topological polar surface area (TPSA) is 110 Å². The summed E-state index contributed by atoms with van der Waals surface area (Å²) in [6.07, 6.45) is 0. The van der Waals surface area contributed by atoms with Crippen LogP contribution in [-0.4, -0.2) is 21.0 Å². The molecule has 1 aromatic heterocycles. The van der Waals surface area contributed by atoms with Crippen molar-refractivity contribution >= 4 is 51.2 Å². The first-order valence-corrected chi connectivity index (χ1v) is 9.64. The van der Waals surface area contributed by atoms with Gasteiger partial charge >= 0.3 is 0 Å². The zero-order valence-electron chi connectivity index (χ0n) is 14.2. The number of nitrogens with one attached hydrogen (secondary N) is 2. The smallest absolute Gasteiger partial charge is 0.269 e. The molecule has 2 N–H and O–H groups in total. The summed E-state index contributed by atoms with van der Waals surface area (Å²) in [6, 6.07) is 13.8. The quantitative estimate of drug-likeness (QED) is 0.342. The second-order valence-electron chi connectivity index (χ2n) is 5.48. The molecule has 0 atom stereocenters. The van der Waals surface area contributed by atoms with Crippen LogP contribution in [0.1, 0.15) is 12.5 Å².